The van der Waals surface area contributed by atoms with Gasteiger partial charge in [0, 0.05) is 56.2 Å². The van der Waals surface area contributed by atoms with Crippen LogP contribution in [-0.4, -0.2) is 72.1 Å². The number of nitrogens with two attached hydrogens (primary N) is 1. The summed E-state index contributed by atoms with van der Waals surface area (Å²) in [7, 11) is 0. The number of hydrogen-bond donors (Lipinski definition) is 5. The number of rotatable bonds is 23. The van der Waals surface area contributed by atoms with Crippen LogP contribution >= 0.6 is 0 Å². The zero-order chi connectivity index (χ0) is 38.7. The van der Waals surface area contributed by atoms with Crippen LogP contribution in [0.1, 0.15) is 104 Å². The molecule has 0 saturated heterocycles. The molecular weight excluding hydrogens is 668 g/mol. The number of nitrogens with one attached hydrogen (secondary N) is 4. The summed E-state index contributed by atoms with van der Waals surface area (Å²) in [6.07, 6.45) is 7.35. The summed E-state index contributed by atoms with van der Waals surface area (Å²) in [5, 5.41) is 10.9. The van der Waals surface area contributed by atoms with Crippen molar-refractivity contribution in [3.63, 3.8) is 0 Å². The lowest BCUT2D eigenvalue weighted by molar-refractivity contribution is -0.137. The number of imide groups is 1. The second-order valence-electron chi connectivity index (χ2n) is 14.8. The summed E-state index contributed by atoms with van der Waals surface area (Å²) in [4.78, 5) is 87.5. The molecule has 52 heavy (non-hydrogen) atoms. The van der Waals surface area contributed by atoms with E-state index in [1.54, 1.807) is 24.3 Å². The van der Waals surface area contributed by atoms with E-state index in [0.717, 1.165) is 29.7 Å². The van der Waals surface area contributed by atoms with Gasteiger partial charge < -0.3 is 31.7 Å². The first-order valence-corrected chi connectivity index (χ1v) is 18.2. The van der Waals surface area contributed by atoms with E-state index in [0.29, 0.717) is 37.9 Å². The molecule has 2 atom stereocenters. The molecule has 14 heteroatoms. The lowest BCUT2D eigenvalue weighted by Gasteiger charge is -2.24. The van der Waals surface area contributed by atoms with Crippen LogP contribution in [0.2, 0.25) is 0 Å². The number of nitrogens with zero attached hydrogens (tertiary/aromatic N) is 1. The molecule has 0 saturated carbocycles. The van der Waals surface area contributed by atoms with Crippen LogP contribution in [0.25, 0.3) is 0 Å². The Morgan fingerprint density at radius 2 is 1.50 bits per heavy atom. The molecule has 0 bridgehead atoms. The Morgan fingerprint density at radius 3 is 2.12 bits per heavy atom. The summed E-state index contributed by atoms with van der Waals surface area (Å²) < 4.78 is 5.31. The number of carbonyl (C=O) groups excluding carboxylic acids is 7. The third kappa shape index (κ3) is 17.5. The summed E-state index contributed by atoms with van der Waals surface area (Å²) in [5.74, 6) is -2.63. The molecule has 6 N–H and O–H groups in total. The molecule has 14 nitrogen and oxygen atoms in total. The van der Waals surface area contributed by atoms with Gasteiger partial charge in [-0.2, -0.15) is 0 Å². The van der Waals surface area contributed by atoms with Crippen LogP contribution in [0.5, 0.6) is 0 Å². The predicted molar refractivity (Wildman–Crippen MR) is 198 cm³/mol. The summed E-state index contributed by atoms with van der Waals surface area (Å²) >= 11 is 0. The van der Waals surface area contributed by atoms with E-state index in [1.165, 1.54) is 12.2 Å². The molecule has 1 aromatic carbocycles. The van der Waals surface area contributed by atoms with Crippen molar-refractivity contribution >= 4 is 47.2 Å². The van der Waals surface area contributed by atoms with Crippen LogP contribution in [0.3, 0.4) is 0 Å². The molecule has 0 spiro atoms. The Labute approximate surface area is 307 Å². The van der Waals surface area contributed by atoms with Crippen molar-refractivity contribution in [3.05, 3.63) is 42.0 Å². The second-order valence-corrected chi connectivity index (χ2v) is 14.8. The monoisotopic (exact) mass is 726 g/mol. The molecule has 1 aliphatic heterocycles. The molecule has 1 heterocycles. The minimum Gasteiger partial charge on any atom is -0.445 e. The van der Waals surface area contributed by atoms with Crippen molar-refractivity contribution in [2.45, 2.75) is 111 Å². The van der Waals surface area contributed by atoms with Crippen LogP contribution in [-0.2, 0) is 35.3 Å². The van der Waals surface area contributed by atoms with Crippen molar-refractivity contribution in [2.75, 3.05) is 25.0 Å². The average molecular weight is 727 g/mol. The van der Waals surface area contributed by atoms with Gasteiger partial charge in [-0.1, -0.05) is 59.6 Å². The van der Waals surface area contributed by atoms with Crippen molar-refractivity contribution in [2.24, 2.45) is 23.0 Å². The first kappa shape index (κ1) is 43.4. The van der Waals surface area contributed by atoms with Gasteiger partial charge in [0.15, 0.2) is 5.78 Å². The van der Waals surface area contributed by atoms with E-state index >= 15 is 0 Å². The van der Waals surface area contributed by atoms with Gasteiger partial charge in [0.05, 0.1) is 6.04 Å². The van der Waals surface area contributed by atoms with E-state index in [1.807, 2.05) is 13.8 Å². The van der Waals surface area contributed by atoms with Gasteiger partial charge in [0.25, 0.3) is 11.8 Å². The maximum absolute atomic E-state index is 13.5. The zero-order valence-corrected chi connectivity index (χ0v) is 31.4. The molecule has 2 rings (SSSR count). The highest BCUT2D eigenvalue weighted by molar-refractivity contribution is 6.12. The summed E-state index contributed by atoms with van der Waals surface area (Å²) in [5.41, 5.74) is 6.65. The Kier molecular flexibility index (Phi) is 18.6. The molecule has 0 fully saturated rings. The average Bonchev–Trinajstić information content (AvgIpc) is 3.39. The van der Waals surface area contributed by atoms with Crippen molar-refractivity contribution < 1.29 is 38.3 Å². The Morgan fingerprint density at radius 1 is 0.846 bits per heavy atom. The van der Waals surface area contributed by atoms with E-state index in [-0.39, 0.29) is 79.7 Å². The first-order valence-electron chi connectivity index (χ1n) is 18.2. The van der Waals surface area contributed by atoms with Crippen molar-refractivity contribution in [3.8, 4) is 0 Å². The van der Waals surface area contributed by atoms with Crippen LogP contribution < -0.4 is 27.0 Å². The fraction of sp³-hybridized carbons (Fsp3) is 0.605. The molecule has 288 valence electrons. The number of primary amides is 1. The number of Topliss-reactive ketones (excluding diaryl/α,β-unsaturated/α-hetero) is 1. The topological polar surface area (TPSA) is 206 Å². The number of benzene rings is 1. The number of unbranched alkanes of at least 4 members (excludes halogenated alkanes) is 3. The van der Waals surface area contributed by atoms with Gasteiger partial charge in [0.2, 0.25) is 11.8 Å². The smallest absolute Gasteiger partial charge is 0.407 e. The minimum atomic E-state index is -0.808. The first-order chi connectivity index (χ1) is 24.6. The van der Waals surface area contributed by atoms with Crippen molar-refractivity contribution in [1.82, 2.24) is 20.9 Å². The molecule has 0 aliphatic carbocycles. The molecule has 1 aliphatic rings. The fourth-order valence-corrected chi connectivity index (χ4v) is 5.60. The number of alkyl carbamates (subject to hydrolysis) is 1. The SMILES string of the molecule is CC(C)[C@H](NC(=O)CCCCCN1C(=O)C=CC1=O)C(=O)C[C@@H](CCCNC(N)=O)C(=O)Nc1ccc(COC(=O)NCCCCC(C)(C)C)cc1. The summed E-state index contributed by atoms with van der Waals surface area (Å²) in [6.45, 7) is 11.3. The largest absolute Gasteiger partial charge is 0.445 e. The highest BCUT2D eigenvalue weighted by Crippen LogP contribution is 2.22. The molecule has 1 aromatic rings. The third-order valence-electron chi connectivity index (χ3n) is 8.58. The van der Waals surface area contributed by atoms with Crippen molar-refractivity contribution in [1.29, 1.82) is 0 Å². The lowest BCUT2D eigenvalue weighted by atomic mass is 9.89. The standard InChI is InChI=1S/C38H58N6O8/c1-26(2)34(43-31(46)13-7-6-10-23-44-32(47)18-19-33(44)48)30(45)24-28(12-11-22-40-36(39)50)35(49)42-29-16-14-27(15-17-29)25-52-37(51)41-21-9-8-20-38(3,4)5/h14-19,26,28,34H,6-13,20-25H2,1-5H3,(H,41,51)(H,42,49)(H,43,46)(H3,39,40,50)/t28-,34+/m1/s1. The highest BCUT2D eigenvalue weighted by Gasteiger charge is 2.29. The predicted octanol–water partition coefficient (Wildman–Crippen LogP) is 4.72. The van der Waals surface area contributed by atoms with Gasteiger partial charge in [-0.05, 0) is 67.6 Å². The normalized spacial score (nSPS) is 13.8. The van der Waals surface area contributed by atoms with Gasteiger partial charge in [-0.25, -0.2) is 9.59 Å². The zero-order valence-electron chi connectivity index (χ0n) is 31.4. The molecule has 7 amide bonds. The second kappa shape index (κ2) is 22.2. The number of urea groups is 1. The van der Waals surface area contributed by atoms with E-state index in [4.69, 9.17) is 10.5 Å². The lowest BCUT2D eigenvalue weighted by Crippen LogP contribution is -2.45. The van der Waals surface area contributed by atoms with Crippen LogP contribution in [0.4, 0.5) is 15.3 Å². The maximum atomic E-state index is 13.5. The molecule has 0 unspecified atom stereocenters. The Hall–Kier alpha value is -4.75. The van der Waals surface area contributed by atoms with Gasteiger partial charge >= 0.3 is 12.1 Å². The number of anilines is 1. The maximum Gasteiger partial charge on any atom is 0.407 e. The third-order valence-corrected chi connectivity index (χ3v) is 8.58. The highest BCUT2D eigenvalue weighted by atomic mass is 16.5. The number of carbonyl (C=O) groups is 7. The Bertz CT molecular complexity index is 1380. The molecule has 0 aromatic heterocycles. The number of hydrogen-bond acceptors (Lipinski definition) is 8. The van der Waals surface area contributed by atoms with E-state index in [9.17, 15) is 33.6 Å². The fourth-order valence-electron chi connectivity index (χ4n) is 5.60. The van der Waals surface area contributed by atoms with Crippen LogP contribution in [0.15, 0.2) is 36.4 Å². The van der Waals surface area contributed by atoms with Crippen LogP contribution in [0, 0.1) is 17.3 Å². The Balaban J connectivity index is 1.89. The number of amides is 7. The van der Waals surface area contributed by atoms with Gasteiger partial charge in [0.1, 0.15) is 6.61 Å². The van der Waals surface area contributed by atoms with Gasteiger partial charge in [-0.3, -0.25) is 28.9 Å². The quantitative estimate of drug-likeness (QED) is 0.0786. The van der Waals surface area contributed by atoms with E-state index < -0.39 is 24.1 Å². The number of ketones is 1. The number of ether oxygens (including phenoxy) is 1. The minimum absolute atomic E-state index is 0.0622. The molecular formula is C38H58N6O8. The van der Waals surface area contributed by atoms with E-state index in [2.05, 4.69) is 42.0 Å². The summed E-state index contributed by atoms with van der Waals surface area (Å²) in [6, 6.07) is 5.34. The molecule has 0 radical (unpaired) electrons. The van der Waals surface area contributed by atoms with Gasteiger partial charge in [-0.15, -0.1) is 0 Å².